The summed E-state index contributed by atoms with van der Waals surface area (Å²) in [5.41, 5.74) is 1.10. The molecule has 1 fully saturated rings. The van der Waals surface area contributed by atoms with Gasteiger partial charge < -0.3 is 10.2 Å². The number of aromatic nitrogens is 1. The number of piperidine rings is 1. The third-order valence-electron chi connectivity index (χ3n) is 3.62. The van der Waals surface area contributed by atoms with E-state index in [0.717, 1.165) is 38.0 Å². The molecule has 1 amide bonds. The van der Waals surface area contributed by atoms with Crippen LogP contribution in [0, 0.1) is 5.92 Å². The molecule has 98 valence electrons. The number of carbonyl (C=O) groups is 1. The molecule has 0 spiro atoms. The normalized spacial score (nSPS) is 17.6. The summed E-state index contributed by atoms with van der Waals surface area (Å²) in [6, 6.07) is 3.86. The number of likely N-dealkylation sites (tertiary alicyclic amines) is 1. The number of amides is 1. The fraction of sp³-hybridized carbons (Fsp3) is 0.571. The number of nitrogens with one attached hydrogen (secondary N) is 1. The molecule has 0 bridgehead atoms. The van der Waals surface area contributed by atoms with Crippen LogP contribution in [0.4, 0.5) is 0 Å². The Hall–Kier alpha value is -1.42. The lowest BCUT2D eigenvalue weighted by Gasteiger charge is -2.30. The van der Waals surface area contributed by atoms with Crippen LogP contribution in [0.2, 0.25) is 0 Å². The van der Waals surface area contributed by atoms with Gasteiger partial charge in [0.15, 0.2) is 0 Å². The van der Waals surface area contributed by atoms with E-state index < -0.39 is 0 Å². The van der Waals surface area contributed by atoms with Crippen molar-refractivity contribution in [3.8, 4) is 0 Å². The maximum Gasteiger partial charge on any atom is 0.223 e. The van der Waals surface area contributed by atoms with Crippen LogP contribution in [-0.2, 0) is 11.3 Å². The standard InChI is InChI=1S/C14H21N3O/c1-2-17-9-5-13(6-10-17)14(18)16-11-12-3-7-15-8-4-12/h3-4,7-8,13H,2,5-6,9-11H2,1H3,(H,16,18). The van der Waals surface area contributed by atoms with Gasteiger partial charge in [-0.05, 0) is 50.2 Å². The van der Waals surface area contributed by atoms with E-state index in [2.05, 4.69) is 22.1 Å². The number of hydrogen-bond donors (Lipinski definition) is 1. The van der Waals surface area contributed by atoms with Gasteiger partial charge in [-0.3, -0.25) is 9.78 Å². The SMILES string of the molecule is CCN1CCC(C(=O)NCc2ccncc2)CC1. The molecule has 1 aromatic heterocycles. The zero-order valence-corrected chi connectivity index (χ0v) is 10.9. The van der Waals surface area contributed by atoms with E-state index in [4.69, 9.17) is 0 Å². The molecule has 0 aromatic carbocycles. The summed E-state index contributed by atoms with van der Waals surface area (Å²) in [5.74, 6) is 0.386. The van der Waals surface area contributed by atoms with E-state index in [9.17, 15) is 4.79 Å². The van der Waals surface area contributed by atoms with Gasteiger partial charge in [-0.15, -0.1) is 0 Å². The highest BCUT2D eigenvalue weighted by Crippen LogP contribution is 2.17. The topological polar surface area (TPSA) is 45.2 Å². The monoisotopic (exact) mass is 247 g/mol. The first-order valence-electron chi connectivity index (χ1n) is 6.68. The van der Waals surface area contributed by atoms with E-state index >= 15 is 0 Å². The largest absolute Gasteiger partial charge is 0.352 e. The summed E-state index contributed by atoms with van der Waals surface area (Å²) >= 11 is 0. The van der Waals surface area contributed by atoms with Gasteiger partial charge >= 0.3 is 0 Å². The van der Waals surface area contributed by atoms with Gasteiger partial charge in [0.2, 0.25) is 5.91 Å². The van der Waals surface area contributed by atoms with Crippen molar-refractivity contribution in [2.45, 2.75) is 26.3 Å². The minimum Gasteiger partial charge on any atom is -0.352 e. The summed E-state index contributed by atoms with van der Waals surface area (Å²) in [7, 11) is 0. The highest BCUT2D eigenvalue weighted by Gasteiger charge is 2.23. The highest BCUT2D eigenvalue weighted by atomic mass is 16.1. The first-order chi connectivity index (χ1) is 8.79. The van der Waals surface area contributed by atoms with Crippen molar-refractivity contribution in [1.29, 1.82) is 0 Å². The Balaban J connectivity index is 1.75. The fourth-order valence-electron chi connectivity index (χ4n) is 2.35. The van der Waals surface area contributed by atoms with Crippen LogP contribution in [-0.4, -0.2) is 35.4 Å². The van der Waals surface area contributed by atoms with Crippen LogP contribution in [0.1, 0.15) is 25.3 Å². The second-order valence-corrected chi connectivity index (χ2v) is 4.78. The molecule has 1 aliphatic heterocycles. The summed E-state index contributed by atoms with van der Waals surface area (Å²) in [4.78, 5) is 18.4. The van der Waals surface area contributed by atoms with Crippen molar-refractivity contribution in [2.24, 2.45) is 5.92 Å². The Kier molecular flexibility index (Phi) is 4.70. The summed E-state index contributed by atoms with van der Waals surface area (Å²) in [6.07, 6.45) is 5.47. The molecule has 1 saturated heterocycles. The third kappa shape index (κ3) is 3.53. The van der Waals surface area contributed by atoms with E-state index in [0.29, 0.717) is 6.54 Å². The number of rotatable bonds is 4. The molecule has 0 aliphatic carbocycles. The van der Waals surface area contributed by atoms with Crippen molar-refractivity contribution >= 4 is 5.91 Å². The van der Waals surface area contributed by atoms with E-state index in [1.54, 1.807) is 12.4 Å². The van der Waals surface area contributed by atoms with Crippen LogP contribution < -0.4 is 5.32 Å². The minimum absolute atomic E-state index is 0.189. The molecule has 2 rings (SSSR count). The Labute approximate surface area is 108 Å². The summed E-state index contributed by atoms with van der Waals surface area (Å²) in [6.45, 7) is 5.96. The highest BCUT2D eigenvalue weighted by molar-refractivity contribution is 5.78. The zero-order chi connectivity index (χ0) is 12.8. The molecule has 0 atom stereocenters. The van der Waals surface area contributed by atoms with E-state index in [1.807, 2.05) is 12.1 Å². The minimum atomic E-state index is 0.189. The molecule has 4 heteroatoms. The van der Waals surface area contributed by atoms with E-state index in [1.165, 1.54) is 0 Å². The Morgan fingerprint density at radius 2 is 2.06 bits per heavy atom. The van der Waals surface area contributed by atoms with Crippen LogP contribution in [0.25, 0.3) is 0 Å². The zero-order valence-electron chi connectivity index (χ0n) is 10.9. The average Bonchev–Trinajstić information content (AvgIpc) is 2.46. The second-order valence-electron chi connectivity index (χ2n) is 4.78. The Morgan fingerprint density at radius 1 is 1.39 bits per heavy atom. The summed E-state index contributed by atoms with van der Waals surface area (Å²) < 4.78 is 0. The molecule has 4 nitrogen and oxygen atoms in total. The molecular weight excluding hydrogens is 226 g/mol. The van der Waals surface area contributed by atoms with Crippen LogP contribution >= 0.6 is 0 Å². The fourth-order valence-corrected chi connectivity index (χ4v) is 2.35. The third-order valence-corrected chi connectivity index (χ3v) is 3.62. The van der Waals surface area contributed by atoms with Crippen LogP contribution in [0.5, 0.6) is 0 Å². The average molecular weight is 247 g/mol. The lowest BCUT2D eigenvalue weighted by molar-refractivity contribution is -0.126. The molecule has 1 aromatic rings. The van der Waals surface area contributed by atoms with Crippen LogP contribution in [0.15, 0.2) is 24.5 Å². The van der Waals surface area contributed by atoms with Gasteiger partial charge in [-0.1, -0.05) is 6.92 Å². The van der Waals surface area contributed by atoms with Gasteiger partial charge in [0.1, 0.15) is 0 Å². The lowest BCUT2D eigenvalue weighted by Crippen LogP contribution is -2.40. The summed E-state index contributed by atoms with van der Waals surface area (Å²) in [5, 5.41) is 3.02. The molecule has 0 saturated carbocycles. The molecule has 1 N–H and O–H groups in total. The van der Waals surface area contributed by atoms with Gasteiger partial charge in [-0.2, -0.15) is 0 Å². The van der Waals surface area contributed by atoms with E-state index in [-0.39, 0.29) is 11.8 Å². The molecule has 1 aliphatic rings. The number of hydrogen-bond acceptors (Lipinski definition) is 3. The lowest BCUT2D eigenvalue weighted by atomic mass is 9.96. The molecule has 18 heavy (non-hydrogen) atoms. The van der Waals surface area contributed by atoms with Crippen molar-refractivity contribution in [3.05, 3.63) is 30.1 Å². The second kappa shape index (κ2) is 6.50. The van der Waals surface area contributed by atoms with Gasteiger partial charge in [-0.25, -0.2) is 0 Å². The number of nitrogens with zero attached hydrogens (tertiary/aromatic N) is 2. The Bertz CT molecular complexity index is 372. The molecular formula is C14H21N3O. The van der Waals surface area contributed by atoms with Gasteiger partial charge in [0.25, 0.3) is 0 Å². The number of pyridine rings is 1. The van der Waals surface area contributed by atoms with Crippen molar-refractivity contribution in [2.75, 3.05) is 19.6 Å². The van der Waals surface area contributed by atoms with Gasteiger partial charge in [0, 0.05) is 24.9 Å². The predicted molar refractivity (Wildman–Crippen MR) is 70.9 cm³/mol. The predicted octanol–water partition coefficient (Wildman–Crippen LogP) is 1.43. The van der Waals surface area contributed by atoms with Crippen molar-refractivity contribution < 1.29 is 4.79 Å². The first-order valence-corrected chi connectivity index (χ1v) is 6.68. The smallest absolute Gasteiger partial charge is 0.223 e. The maximum absolute atomic E-state index is 12.0. The van der Waals surface area contributed by atoms with Crippen molar-refractivity contribution in [3.63, 3.8) is 0 Å². The molecule has 2 heterocycles. The number of carbonyl (C=O) groups excluding carboxylic acids is 1. The molecule has 0 radical (unpaired) electrons. The van der Waals surface area contributed by atoms with Gasteiger partial charge in [0.05, 0.1) is 0 Å². The van der Waals surface area contributed by atoms with Crippen molar-refractivity contribution in [1.82, 2.24) is 15.2 Å². The Morgan fingerprint density at radius 3 is 2.67 bits per heavy atom. The molecule has 0 unspecified atom stereocenters. The van der Waals surface area contributed by atoms with Crippen LogP contribution in [0.3, 0.4) is 0 Å². The first kappa shape index (κ1) is 13.0. The maximum atomic E-state index is 12.0. The quantitative estimate of drug-likeness (QED) is 0.875.